The molecule has 3 heterocycles. The Balaban J connectivity index is 1.66. The molecule has 322 valence electrons. The zero-order valence-corrected chi connectivity index (χ0v) is 48.4. The fourth-order valence-corrected chi connectivity index (χ4v) is 60.7. The maximum absolute atomic E-state index is 3.00. The highest BCUT2D eigenvalue weighted by molar-refractivity contribution is 7.15. The Bertz CT molecular complexity index is 2400. The molecule has 0 fully saturated rings. The molecule has 4 aliphatic rings. The number of benzene rings is 5. The van der Waals surface area contributed by atoms with Crippen LogP contribution in [0.5, 0.6) is 0 Å². The largest absolute Gasteiger partial charge is 0.156 e. The molecule has 2 bridgehead atoms. The molecule has 5 aromatic carbocycles. The lowest BCUT2D eigenvalue weighted by atomic mass is 9.70. The molecule has 0 amide bonds. The van der Waals surface area contributed by atoms with E-state index in [-0.39, 0.29) is 0 Å². The number of rotatable bonds is 10. The van der Waals surface area contributed by atoms with Crippen LogP contribution in [0.1, 0.15) is 66.3 Å². The van der Waals surface area contributed by atoms with Gasteiger partial charge in [-0.05, 0) is 92.4 Å². The van der Waals surface area contributed by atoms with Crippen LogP contribution in [0.25, 0.3) is 16.8 Å². The lowest BCUT2D eigenvalue weighted by Gasteiger charge is -2.60. The lowest BCUT2D eigenvalue weighted by molar-refractivity contribution is 0.580. The van der Waals surface area contributed by atoms with E-state index in [0.29, 0.717) is 32.9 Å². The van der Waals surface area contributed by atoms with E-state index in [1.54, 1.807) is 32.6 Å². The van der Waals surface area contributed by atoms with Gasteiger partial charge in [0.2, 0.25) is 0 Å². The smallest absolute Gasteiger partial charge is 0.0819 e. The van der Waals surface area contributed by atoms with Crippen molar-refractivity contribution in [2.24, 2.45) is 0 Å². The van der Waals surface area contributed by atoms with E-state index >= 15 is 0 Å². The summed E-state index contributed by atoms with van der Waals surface area (Å²) in [6.07, 6.45) is 5.42. The molecule has 61 heavy (non-hydrogen) atoms. The number of hydrogen-bond acceptors (Lipinski definition) is 0. The fraction of sp³-hybridized carbons (Fsp3) is 0.444. The Labute approximate surface area is 379 Å². The summed E-state index contributed by atoms with van der Waals surface area (Å²) in [5.41, 5.74) is 12.2. The highest BCUT2D eigenvalue weighted by Gasteiger charge is 2.64. The Morgan fingerprint density at radius 1 is 0.426 bits per heavy atom. The second kappa shape index (κ2) is 14.8. The van der Waals surface area contributed by atoms with Crippen molar-refractivity contribution in [2.45, 2.75) is 151 Å². The quantitative estimate of drug-likeness (QED) is 0.122. The predicted molar refractivity (Wildman–Crippen MR) is 294 cm³/mol. The minimum absolute atomic E-state index is 0.348. The van der Waals surface area contributed by atoms with Gasteiger partial charge in [0.05, 0.1) is 0 Å². The zero-order chi connectivity index (χ0) is 44.6. The van der Waals surface area contributed by atoms with E-state index in [2.05, 4.69) is 227 Å². The Hall–Kier alpha value is -2.38. The molecule has 2 unspecified atom stereocenters. The molecule has 5 aromatic rings. The van der Waals surface area contributed by atoms with Gasteiger partial charge in [0.15, 0.2) is 8.07 Å². The van der Waals surface area contributed by atoms with E-state index in [9.17, 15) is 0 Å². The van der Waals surface area contributed by atoms with Gasteiger partial charge in [0.1, 0.15) is 0 Å². The molecule has 9 rings (SSSR count). The van der Waals surface area contributed by atoms with Crippen molar-refractivity contribution >= 4 is 88.9 Å². The number of allylic oxidation sites excluding steroid dienone is 1. The average Bonchev–Trinajstić information content (AvgIpc) is 3.10. The molecule has 0 spiro atoms. The third kappa shape index (κ3) is 7.36. The van der Waals surface area contributed by atoms with Crippen LogP contribution in [0.2, 0.25) is 123 Å². The SMILES string of the molecule is C[Si](C)(C)C(c1cc(C([Si](C)(C)C)[Si](C)(C)C)c([Si]23c4ccccc4C(c4ccccc42)C2c4cc5ccccc5cc4C=CC23)c(C([Si](C)(C)C)[Si](C)(C)C)c1)[Si](C)(C)C. The molecule has 2 atom stereocenters. The molecular weight excluding hydrogens is 845 g/mol. The second-order valence-corrected chi connectivity index (χ2v) is 63.7. The van der Waals surface area contributed by atoms with Crippen LogP contribution in [0.15, 0.2) is 103 Å². The highest BCUT2D eigenvalue weighted by Crippen LogP contribution is 2.60. The molecule has 0 N–H and O–H groups in total. The summed E-state index contributed by atoms with van der Waals surface area (Å²) in [7, 11) is -13.3. The molecule has 0 saturated heterocycles. The second-order valence-electron chi connectivity index (χ2n) is 26.3. The standard InChI is InChI=1S/C54H78Si7/c1-55(2,3)52(56(4,5)6)40-35-44(53(57(7,8)9)58(10,11)12)51(45(36-40)54(59(13,14)15)60(16,17)18)61-46-29-23-21-27-41(46)49(42-28-22-24-30-47(42)61)50-43-34-38-26-20-19-25-37(38)33-39(43)31-32-48(50)61/h19-36,48-50,52-54H,1-18H3. The molecule has 0 nitrogen and oxygen atoms in total. The maximum atomic E-state index is 3.00. The number of hydrogen-bond donors (Lipinski definition) is 0. The molecule has 3 aliphatic heterocycles. The van der Waals surface area contributed by atoms with E-state index < -0.39 is 56.5 Å². The third-order valence-corrected chi connectivity index (χ3v) is 48.7. The Morgan fingerprint density at radius 2 is 0.820 bits per heavy atom. The summed E-state index contributed by atoms with van der Waals surface area (Å²) < 4.78 is 0. The van der Waals surface area contributed by atoms with Crippen LogP contribution in [0.4, 0.5) is 0 Å². The van der Waals surface area contributed by atoms with Crippen molar-refractivity contribution in [3.8, 4) is 0 Å². The van der Waals surface area contributed by atoms with Crippen molar-refractivity contribution in [3.05, 3.63) is 142 Å². The van der Waals surface area contributed by atoms with Crippen LogP contribution in [-0.4, -0.2) is 56.5 Å². The van der Waals surface area contributed by atoms with Gasteiger partial charge in [-0.1, -0.05) is 221 Å². The summed E-state index contributed by atoms with van der Waals surface area (Å²) in [4.78, 5) is 0. The van der Waals surface area contributed by atoms with Crippen molar-refractivity contribution in [1.29, 1.82) is 0 Å². The van der Waals surface area contributed by atoms with Crippen molar-refractivity contribution in [1.82, 2.24) is 0 Å². The molecule has 1 aliphatic carbocycles. The van der Waals surface area contributed by atoms with Crippen LogP contribution in [0, 0.1) is 0 Å². The summed E-state index contributed by atoms with van der Waals surface area (Å²) in [6.45, 7) is 49.2. The average molecular weight is 924 g/mol. The van der Waals surface area contributed by atoms with Crippen molar-refractivity contribution in [2.75, 3.05) is 0 Å². The monoisotopic (exact) mass is 922 g/mol. The number of fused-ring (bicyclic) bond motifs is 2. The lowest BCUT2D eigenvalue weighted by Crippen LogP contribution is -2.79. The fourth-order valence-electron chi connectivity index (χ4n) is 15.3. The van der Waals surface area contributed by atoms with E-state index in [1.807, 2.05) is 16.3 Å². The summed E-state index contributed by atoms with van der Waals surface area (Å²) >= 11 is 0. The van der Waals surface area contributed by atoms with Gasteiger partial charge in [0, 0.05) is 60.3 Å². The van der Waals surface area contributed by atoms with Crippen LogP contribution in [-0.2, 0) is 0 Å². The van der Waals surface area contributed by atoms with Crippen LogP contribution in [0.3, 0.4) is 0 Å². The van der Waals surface area contributed by atoms with Crippen molar-refractivity contribution < 1.29 is 0 Å². The zero-order valence-electron chi connectivity index (χ0n) is 41.4. The predicted octanol–water partition coefficient (Wildman–Crippen LogP) is 14.5. The van der Waals surface area contributed by atoms with Gasteiger partial charge in [-0.25, -0.2) is 0 Å². The van der Waals surface area contributed by atoms with Gasteiger partial charge >= 0.3 is 0 Å². The topological polar surface area (TPSA) is 0 Å². The van der Waals surface area contributed by atoms with Gasteiger partial charge in [-0.3, -0.25) is 0 Å². The van der Waals surface area contributed by atoms with E-state index in [1.165, 1.54) is 16.3 Å². The van der Waals surface area contributed by atoms with E-state index in [4.69, 9.17) is 0 Å². The Kier molecular flexibility index (Phi) is 11.0. The Morgan fingerprint density at radius 3 is 1.25 bits per heavy atom. The van der Waals surface area contributed by atoms with Gasteiger partial charge < -0.3 is 0 Å². The molecular formula is C54H78Si7. The van der Waals surface area contributed by atoms with Gasteiger partial charge in [-0.2, -0.15) is 0 Å². The highest BCUT2D eigenvalue weighted by atomic mass is 28.4. The maximum Gasteiger partial charge on any atom is 0.156 e. The summed E-state index contributed by atoms with van der Waals surface area (Å²) in [5.74, 6) is 0.758. The molecule has 0 radical (unpaired) electrons. The minimum atomic E-state index is -2.86. The van der Waals surface area contributed by atoms with Crippen LogP contribution < -0.4 is 15.6 Å². The summed E-state index contributed by atoms with van der Waals surface area (Å²) in [6, 6.07) is 40.5. The van der Waals surface area contributed by atoms with Gasteiger partial charge in [0.25, 0.3) is 0 Å². The minimum Gasteiger partial charge on any atom is -0.0819 e. The van der Waals surface area contributed by atoms with Gasteiger partial charge in [-0.15, -0.1) is 0 Å². The third-order valence-electron chi connectivity index (χ3n) is 15.2. The molecule has 7 heteroatoms. The first-order chi connectivity index (χ1) is 28.1. The van der Waals surface area contributed by atoms with Crippen molar-refractivity contribution in [3.63, 3.8) is 0 Å². The normalized spacial score (nSPS) is 21.6. The summed E-state index contributed by atoms with van der Waals surface area (Å²) in [5, 5.41) is 10.1. The first-order valence-electron chi connectivity index (χ1n) is 23.7. The molecule has 0 saturated carbocycles. The first-order valence-corrected chi connectivity index (χ1v) is 47.2. The van der Waals surface area contributed by atoms with E-state index in [0.717, 1.165) is 0 Å². The molecule has 0 aromatic heterocycles. The van der Waals surface area contributed by atoms with Crippen LogP contribution >= 0.6 is 0 Å². The first kappa shape index (κ1) is 45.2.